The first-order chi connectivity index (χ1) is 18.5. The van der Waals surface area contributed by atoms with E-state index in [9.17, 15) is 13.0 Å². The lowest BCUT2D eigenvalue weighted by Gasteiger charge is -2.14. The summed E-state index contributed by atoms with van der Waals surface area (Å²) in [6.45, 7) is 4.52. The molecule has 0 saturated heterocycles. The predicted octanol–water partition coefficient (Wildman–Crippen LogP) is 11.0. The smallest absolute Gasteiger partial charge is 0.282 e. The van der Waals surface area contributed by atoms with Crippen LogP contribution in [0, 0.1) is 0 Å². The molecule has 216 valence electrons. The minimum absolute atomic E-state index is 0.0713. The molecular formula is C34H56O3S. The Morgan fingerprint density at radius 2 is 0.921 bits per heavy atom. The summed E-state index contributed by atoms with van der Waals surface area (Å²) in [5.41, 5.74) is 2.26. The van der Waals surface area contributed by atoms with Crippen LogP contribution in [0.3, 0.4) is 0 Å². The van der Waals surface area contributed by atoms with Crippen molar-refractivity contribution < 1.29 is 13.0 Å². The summed E-state index contributed by atoms with van der Waals surface area (Å²) in [6.07, 6.45) is 27.7. The Balaban J connectivity index is 1.88. The lowest BCUT2D eigenvalue weighted by molar-refractivity contribution is 0.484. The number of unbranched alkanes of at least 4 members (excludes halogenated alkanes) is 18. The number of aryl methyl sites for hydroxylation is 2. The van der Waals surface area contributed by atoms with Gasteiger partial charge in [-0.25, -0.2) is 0 Å². The minimum Gasteiger partial charge on any atom is -0.282 e. The average Bonchev–Trinajstić information content (AvgIpc) is 2.90. The van der Waals surface area contributed by atoms with Crippen LogP contribution in [0.4, 0.5) is 0 Å². The van der Waals surface area contributed by atoms with E-state index in [-0.39, 0.29) is 4.90 Å². The lowest BCUT2D eigenvalue weighted by atomic mass is 9.93. The fourth-order valence-electron chi connectivity index (χ4n) is 5.75. The lowest BCUT2D eigenvalue weighted by Crippen LogP contribution is -2.03. The molecule has 0 saturated carbocycles. The van der Waals surface area contributed by atoms with Crippen LogP contribution < -0.4 is 0 Å². The van der Waals surface area contributed by atoms with Crippen molar-refractivity contribution in [2.24, 2.45) is 0 Å². The maximum absolute atomic E-state index is 12.3. The molecule has 0 amide bonds. The molecule has 0 aromatic heterocycles. The third kappa shape index (κ3) is 12.6. The molecular weight excluding hydrogens is 488 g/mol. The van der Waals surface area contributed by atoms with E-state index in [4.69, 9.17) is 0 Å². The molecule has 0 bridgehead atoms. The molecule has 3 nitrogen and oxygen atoms in total. The van der Waals surface area contributed by atoms with Gasteiger partial charge in [0.1, 0.15) is 4.90 Å². The highest BCUT2D eigenvalue weighted by Crippen LogP contribution is 2.31. The third-order valence-corrected chi connectivity index (χ3v) is 8.95. The molecule has 0 aliphatic carbocycles. The monoisotopic (exact) mass is 544 g/mol. The quantitative estimate of drug-likeness (QED) is 0.112. The van der Waals surface area contributed by atoms with Crippen molar-refractivity contribution in [3.05, 3.63) is 41.5 Å². The first kappa shape index (κ1) is 32.8. The van der Waals surface area contributed by atoms with E-state index in [1.54, 1.807) is 12.1 Å². The Labute approximate surface area is 235 Å². The van der Waals surface area contributed by atoms with Crippen molar-refractivity contribution in [2.45, 2.75) is 160 Å². The van der Waals surface area contributed by atoms with E-state index < -0.39 is 10.1 Å². The van der Waals surface area contributed by atoms with Gasteiger partial charge in [0.05, 0.1) is 0 Å². The van der Waals surface area contributed by atoms with Gasteiger partial charge < -0.3 is 0 Å². The van der Waals surface area contributed by atoms with E-state index in [1.807, 2.05) is 6.07 Å². The first-order valence-corrected chi connectivity index (χ1v) is 17.4. The molecule has 2 aromatic carbocycles. The van der Waals surface area contributed by atoms with E-state index in [2.05, 4.69) is 26.0 Å². The van der Waals surface area contributed by atoms with Gasteiger partial charge in [-0.15, -0.1) is 0 Å². The van der Waals surface area contributed by atoms with Gasteiger partial charge in [0.2, 0.25) is 0 Å². The summed E-state index contributed by atoms with van der Waals surface area (Å²) in [7, 11) is -4.27. The number of fused-ring (bicyclic) bond motifs is 1. The van der Waals surface area contributed by atoms with Crippen LogP contribution in [0.2, 0.25) is 0 Å². The molecule has 0 aliphatic heterocycles. The summed E-state index contributed by atoms with van der Waals surface area (Å²) < 4.78 is 34.5. The van der Waals surface area contributed by atoms with Gasteiger partial charge in [-0.3, -0.25) is 4.55 Å². The molecule has 0 radical (unpaired) electrons. The molecule has 4 heteroatoms. The standard InChI is InChI=1S/C34H56O3S/c1-3-5-7-9-11-13-15-17-19-21-24-30-28-29-31(25-22-20-18-16-14-12-10-8-6-4-2)34-32(30)26-23-27-33(34)38(35,36)37/h23,26-29H,3-22,24-25H2,1-2H3,(H,35,36,37). The van der Waals surface area contributed by atoms with Crippen LogP contribution in [0.5, 0.6) is 0 Å². The van der Waals surface area contributed by atoms with Gasteiger partial charge in [-0.1, -0.05) is 154 Å². The van der Waals surface area contributed by atoms with Crippen molar-refractivity contribution in [3.8, 4) is 0 Å². The Morgan fingerprint density at radius 1 is 0.526 bits per heavy atom. The molecule has 38 heavy (non-hydrogen) atoms. The zero-order valence-electron chi connectivity index (χ0n) is 24.6. The number of hydrogen-bond acceptors (Lipinski definition) is 2. The normalized spacial score (nSPS) is 12.0. The van der Waals surface area contributed by atoms with Crippen molar-refractivity contribution in [2.75, 3.05) is 0 Å². The Hall–Kier alpha value is -1.39. The summed E-state index contributed by atoms with van der Waals surface area (Å²) >= 11 is 0. The van der Waals surface area contributed by atoms with Gasteiger partial charge >= 0.3 is 0 Å². The van der Waals surface area contributed by atoms with E-state index >= 15 is 0 Å². The van der Waals surface area contributed by atoms with Crippen LogP contribution in [-0.2, 0) is 23.0 Å². The Bertz CT molecular complexity index is 996. The summed E-state index contributed by atoms with van der Waals surface area (Å²) in [6, 6.07) is 9.70. The minimum atomic E-state index is -4.27. The molecule has 2 rings (SSSR count). The number of benzene rings is 2. The van der Waals surface area contributed by atoms with E-state index in [0.717, 1.165) is 42.0 Å². The zero-order valence-corrected chi connectivity index (χ0v) is 25.4. The topological polar surface area (TPSA) is 54.4 Å². The van der Waals surface area contributed by atoms with Crippen molar-refractivity contribution in [1.29, 1.82) is 0 Å². The van der Waals surface area contributed by atoms with Crippen molar-refractivity contribution in [3.63, 3.8) is 0 Å². The molecule has 0 fully saturated rings. The molecule has 0 unspecified atom stereocenters. The highest BCUT2D eigenvalue weighted by Gasteiger charge is 2.18. The fraction of sp³-hybridized carbons (Fsp3) is 0.706. The van der Waals surface area contributed by atoms with Crippen LogP contribution in [0.15, 0.2) is 35.2 Å². The fourth-order valence-corrected chi connectivity index (χ4v) is 6.50. The molecule has 0 aliphatic rings. The second kappa shape index (κ2) is 19.6. The highest BCUT2D eigenvalue weighted by atomic mass is 32.2. The van der Waals surface area contributed by atoms with Crippen LogP contribution in [0.25, 0.3) is 10.8 Å². The van der Waals surface area contributed by atoms with Crippen LogP contribution >= 0.6 is 0 Å². The van der Waals surface area contributed by atoms with E-state index in [0.29, 0.717) is 0 Å². The molecule has 2 aromatic rings. The number of rotatable bonds is 23. The first-order valence-electron chi connectivity index (χ1n) is 16.0. The predicted molar refractivity (Wildman–Crippen MR) is 165 cm³/mol. The number of hydrogen-bond donors (Lipinski definition) is 1. The van der Waals surface area contributed by atoms with Crippen molar-refractivity contribution >= 4 is 20.9 Å². The molecule has 0 heterocycles. The summed E-state index contributed by atoms with van der Waals surface area (Å²) in [5.74, 6) is 0. The summed E-state index contributed by atoms with van der Waals surface area (Å²) in [5, 5.41) is 1.75. The maximum Gasteiger partial charge on any atom is 0.295 e. The van der Waals surface area contributed by atoms with Gasteiger partial charge in [-0.05, 0) is 48.3 Å². The van der Waals surface area contributed by atoms with Gasteiger partial charge in [0, 0.05) is 5.39 Å². The summed E-state index contributed by atoms with van der Waals surface area (Å²) in [4.78, 5) is 0.0713. The van der Waals surface area contributed by atoms with E-state index in [1.165, 1.54) is 121 Å². The average molecular weight is 545 g/mol. The molecule has 0 spiro atoms. The van der Waals surface area contributed by atoms with Crippen LogP contribution in [-0.4, -0.2) is 13.0 Å². The van der Waals surface area contributed by atoms with Crippen LogP contribution in [0.1, 0.15) is 153 Å². The third-order valence-electron chi connectivity index (χ3n) is 8.06. The highest BCUT2D eigenvalue weighted by molar-refractivity contribution is 7.86. The van der Waals surface area contributed by atoms with Crippen molar-refractivity contribution in [1.82, 2.24) is 0 Å². The second-order valence-electron chi connectivity index (χ2n) is 11.4. The second-order valence-corrected chi connectivity index (χ2v) is 12.8. The van der Waals surface area contributed by atoms with Gasteiger partial charge in [-0.2, -0.15) is 8.42 Å². The molecule has 0 atom stereocenters. The maximum atomic E-state index is 12.3. The molecule has 1 N–H and O–H groups in total. The Morgan fingerprint density at radius 3 is 1.37 bits per heavy atom. The van der Waals surface area contributed by atoms with Gasteiger partial charge in [0.15, 0.2) is 0 Å². The van der Waals surface area contributed by atoms with Gasteiger partial charge in [0.25, 0.3) is 10.1 Å². The largest absolute Gasteiger partial charge is 0.295 e. The zero-order chi connectivity index (χ0) is 27.5. The SMILES string of the molecule is CCCCCCCCCCCCc1ccc(CCCCCCCCCCCC)c2c(S(=O)(=O)O)cccc12. The Kier molecular flexibility index (Phi) is 17.0.